The maximum atomic E-state index is 9.10. The van der Waals surface area contributed by atoms with Gasteiger partial charge in [0, 0.05) is 17.3 Å². The highest BCUT2D eigenvalue weighted by Gasteiger charge is 2.08. The highest BCUT2D eigenvalue weighted by atomic mass is 16.5. The summed E-state index contributed by atoms with van der Waals surface area (Å²) < 4.78 is 11.4. The Morgan fingerprint density at radius 2 is 2.17 bits per heavy atom. The minimum Gasteiger partial charge on any atom is -0.461 e. The van der Waals surface area contributed by atoms with Gasteiger partial charge in [-0.2, -0.15) is 10.5 Å². The second kappa shape index (κ2) is 14.5. The maximum absolute atomic E-state index is 9.10. The Balaban J connectivity index is 2.78. The number of ether oxygens (including phenoxy) is 2. The topological polar surface area (TPSA) is 78.1 Å². The lowest BCUT2D eigenvalue weighted by molar-refractivity contribution is 0.185. The average Bonchev–Trinajstić information content (AvgIpc) is 2.96. The first-order valence-electron chi connectivity index (χ1n) is 9.79. The van der Waals surface area contributed by atoms with Crippen molar-refractivity contribution in [1.29, 1.82) is 10.5 Å². The zero-order valence-corrected chi connectivity index (χ0v) is 17.8. The number of rotatable bonds is 12. The fourth-order valence-corrected chi connectivity index (χ4v) is 2.52. The van der Waals surface area contributed by atoms with Crippen LogP contribution in [0.25, 0.3) is 0 Å². The molecule has 0 aromatic carbocycles. The molecule has 1 N–H and O–H groups in total. The Labute approximate surface area is 180 Å². The molecular formula is C25H29N3O2. The molecule has 0 atom stereocenters. The molecule has 0 fully saturated rings. The number of nitrogens with one attached hydrogen (secondary N) is 1. The van der Waals surface area contributed by atoms with Crippen molar-refractivity contribution in [3.63, 3.8) is 0 Å². The molecule has 0 amide bonds. The van der Waals surface area contributed by atoms with E-state index in [1.807, 2.05) is 32.1 Å². The third-order valence-corrected chi connectivity index (χ3v) is 4.11. The molecule has 1 aliphatic carbocycles. The van der Waals surface area contributed by atoms with Gasteiger partial charge in [-0.1, -0.05) is 38.3 Å². The summed E-state index contributed by atoms with van der Waals surface area (Å²) in [5.74, 6) is 1.12. The highest BCUT2D eigenvalue weighted by Crippen LogP contribution is 2.18. The van der Waals surface area contributed by atoms with Crippen molar-refractivity contribution >= 4 is 0 Å². The molecule has 0 aromatic heterocycles. The monoisotopic (exact) mass is 403 g/mol. The van der Waals surface area contributed by atoms with Crippen molar-refractivity contribution < 1.29 is 9.47 Å². The molecule has 156 valence electrons. The zero-order chi connectivity index (χ0) is 22.2. The van der Waals surface area contributed by atoms with Crippen LogP contribution < -0.4 is 5.32 Å². The Bertz CT molecular complexity index is 884. The van der Waals surface area contributed by atoms with Gasteiger partial charge in [-0.25, -0.2) is 0 Å². The van der Waals surface area contributed by atoms with Crippen molar-refractivity contribution in [2.45, 2.75) is 26.7 Å². The number of hydrogen-bond acceptors (Lipinski definition) is 5. The van der Waals surface area contributed by atoms with E-state index in [9.17, 15) is 0 Å². The molecular weight excluding hydrogens is 374 g/mol. The molecule has 0 heterocycles. The van der Waals surface area contributed by atoms with Crippen LogP contribution in [0.3, 0.4) is 0 Å². The van der Waals surface area contributed by atoms with Gasteiger partial charge in [0.05, 0.1) is 31.9 Å². The van der Waals surface area contributed by atoms with Crippen molar-refractivity contribution in [2.75, 3.05) is 19.8 Å². The van der Waals surface area contributed by atoms with Crippen molar-refractivity contribution in [2.24, 2.45) is 0 Å². The fraction of sp³-hybridized carbons (Fsp3) is 0.280. The number of hydrogen-bond donors (Lipinski definition) is 1. The minimum atomic E-state index is 0.391. The molecule has 1 rings (SSSR count). The molecule has 0 bridgehead atoms. The van der Waals surface area contributed by atoms with Gasteiger partial charge in [-0.3, -0.25) is 0 Å². The standard InChI is InChI=1S/C25H29N3O2/c1-5-21(17-27)15-24(7-3)30-20(4)18-28-25-16-22(11-10-12-23(25)6-2)19-29-14-9-8-13-26/h6-10,12,15-16,28H,2,4-5,11,14,18-19H2,1,3H3/b9-8+,21-15+,24-7-. The normalized spacial score (nSPS) is 14.6. The van der Waals surface area contributed by atoms with E-state index >= 15 is 0 Å². The Hall–Kier alpha value is -3.54. The van der Waals surface area contributed by atoms with E-state index in [0.717, 1.165) is 23.3 Å². The summed E-state index contributed by atoms with van der Waals surface area (Å²) in [5.41, 5.74) is 3.61. The van der Waals surface area contributed by atoms with Gasteiger partial charge in [0.2, 0.25) is 0 Å². The zero-order valence-electron chi connectivity index (χ0n) is 17.8. The third kappa shape index (κ3) is 9.10. The smallest absolute Gasteiger partial charge is 0.123 e. The van der Waals surface area contributed by atoms with Gasteiger partial charge in [-0.15, -0.1) is 0 Å². The summed E-state index contributed by atoms with van der Waals surface area (Å²) in [5, 5.41) is 21.0. The number of nitrogens with zero attached hydrogens (tertiary/aromatic N) is 2. The van der Waals surface area contributed by atoms with Gasteiger partial charge < -0.3 is 14.8 Å². The third-order valence-electron chi connectivity index (χ3n) is 4.11. The average molecular weight is 404 g/mol. The molecule has 0 unspecified atom stereocenters. The van der Waals surface area contributed by atoms with Crippen LogP contribution in [0.2, 0.25) is 0 Å². The van der Waals surface area contributed by atoms with Crippen molar-refractivity contribution in [1.82, 2.24) is 5.32 Å². The molecule has 0 saturated carbocycles. The second-order valence-electron chi connectivity index (χ2n) is 6.35. The fourth-order valence-electron chi connectivity index (χ4n) is 2.52. The second-order valence-corrected chi connectivity index (χ2v) is 6.35. The highest BCUT2D eigenvalue weighted by molar-refractivity contribution is 5.43. The Morgan fingerprint density at radius 3 is 2.80 bits per heavy atom. The van der Waals surface area contributed by atoms with Gasteiger partial charge in [0.15, 0.2) is 0 Å². The molecule has 0 saturated heterocycles. The number of allylic oxidation sites excluding steroid dienone is 9. The summed E-state index contributed by atoms with van der Waals surface area (Å²) in [7, 11) is 0. The Morgan fingerprint density at radius 1 is 1.37 bits per heavy atom. The quantitative estimate of drug-likeness (QED) is 0.207. The summed E-state index contributed by atoms with van der Waals surface area (Å²) in [4.78, 5) is 0. The molecule has 5 heteroatoms. The minimum absolute atomic E-state index is 0.391. The predicted molar refractivity (Wildman–Crippen MR) is 121 cm³/mol. The summed E-state index contributed by atoms with van der Waals surface area (Å²) >= 11 is 0. The van der Waals surface area contributed by atoms with Crippen LogP contribution in [-0.2, 0) is 9.47 Å². The first-order chi connectivity index (χ1) is 14.6. The molecule has 0 spiro atoms. The molecule has 0 aromatic rings. The van der Waals surface area contributed by atoms with E-state index < -0.39 is 0 Å². The van der Waals surface area contributed by atoms with E-state index in [0.29, 0.717) is 43.3 Å². The molecule has 1 aliphatic rings. The first-order valence-corrected chi connectivity index (χ1v) is 9.79. The van der Waals surface area contributed by atoms with Crippen LogP contribution in [0.15, 0.2) is 95.7 Å². The van der Waals surface area contributed by atoms with Crippen LogP contribution in [0.5, 0.6) is 0 Å². The van der Waals surface area contributed by atoms with Crippen molar-refractivity contribution in [3.8, 4) is 12.1 Å². The van der Waals surface area contributed by atoms with Crippen LogP contribution in [0, 0.1) is 22.7 Å². The summed E-state index contributed by atoms with van der Waals surface area (Å²) in [6, 6.07) is 4.10. The van der Waals surface area contributed by atoms with Gasteiger partial charge >= 0.3 is 0 Å². The summed E-state index contributed by atoms with van der Waals surface area (Å²) in [6.45, 7) is 12.9. The lowest BCUT2D eigenvalue weighted by Crippen LogP contribution is -2.18. The molecule has 30 heavy (non-hydrogen) atoms. The van der Waals surface area contributed by atoms with Crippen LogP contribution in [0.4, 0.5) is 0 Å². The Kier molecular flexibility index (Phi) is 11.8. The molecule has 0 radical (unpaired) electrons. The van der Waals surface area contributed by atoms with Gasteiger partial charge in [-0.05, 0) is 55.2 Å². The van der Waals surface area contributed by atoms with Crippen molar-refractivity contribution in [3.05, 3.63) is 95.7 Å². The van der Waals surface area contributed by atoms with Crippen LogP contribution in [0.1, 0.15) is 26.7 Å². The van der Waals surface area contributed by atoms with E-state index in [1.54, 1.807) is 24.3 Å². The van der Waals surface area contributed by atoms with Gasteiger partial charge in [0.1, 0.15) is 11.5 Å². The van der Waals surface area contributed by atoms with E-state index in [4.69, 9.17) is 20.0 Å². The predicted octanol–water partition coefficient (Wildman–Crippen LogP) is 5.29. The summed E-state index contributed by atoms with van der Waals surface area (Å²) in [6.07, 6.45) is 15.9. The van der Waals surface area contributed by atoms with E-state index in [-0.39, 0.29) is 0 Å². The van der Waals surface area contributed by atoms with Crippen LogP contribution >= 0.6 is 0 Å². The molecule has 5 nitrogen and oxygen atoms in total. The SMILES string of the molecule is C=CC1=C(NCC(=C)OC(=C\C)/C=C(/C#N)CC)C=C(COC/C=C/C#N)CC=C1. The van der Waals surface area contributed by atoms with E-state index in [2.05, 4.69) is 30.6 Å². The largest absolute Gasteiger partial charge is 0.461 e. The lowest BCUT2D eigenvalue weighted by atomic mass is 10.1. The molecule has 0 aliphatic heterocycles. The number of nitriles is 2. The first kappa shape index (κ1) is 24.5. The van der Waals surface area contributed by atoms with Crippen LogP contribution in [-0.4, -0.2) is 19.8 Å². The van der Waals surface area contributed by atoms with Gasteiger partial charge in [0.25, 0.3) is 0 Å². The maximum Gasteiger partial charge on any atom is 0.123 e. The lowest BCUT2D eigenvalue weighted by Gasteiger charge is -2.14. The van der Waals surface area contributed by atoms with E-state index in [1.165, 1.54) is 6.08 Å².